The summed E-state index contributed by atoms with van der Waals surface area (Å²) in [7, 11) is 0. The van der Waals surface area contributed by atoms with E-state index in [1.807, 2.05) is 12.1 Å². The van der Waals surface area contributed by atoms with Crippen molar-refractivity contribution in [2.24, 2.45) is 0 Å². The molecule has 6 nitrogen and oxygen atoms in total. The van der Waals surface area contributed by atoms with Crippen LogP contribution in [0.3, 0.4) is 0 Å². The largest absolute Gasteiger partial charge is 0.449 e. The average molecular weight is 389 g/mol. The van der Waals surface area contributed by atoms with Gasteiger partial charge in [0.15, 0.2) is 6.10 Å². The van der Waals surface area contributed by atoms with Crippen molar-refractivity contribution in [3.05, 3.63) is 70.2 Å². The van der Waals surface area contributed by atoms with E-state index in [1.54, 1.807) is 36.4 Å². The van der Waals surface area contributed by atoms with Crippen molar-refractivity contribution in [2.45, 2.75) is 33.0 Å². The van der Waals surface area contributed by atoms with Crippen molar-refractivity contribution in [2.75, 3.05) is 0 Å². The lowest BCUT2D eigenvalue weighted by molar-refractivity contribution is -0.129. The second kappa shape index (κ2) is 9.73. The van der Waals surface area contributed by atoms with Crippen molar-refractivity contribution < 1.29 is 19.1 Å². The molecule has 0 saturated heterocycles. The molecule has 2 amide bonds. The molecule has 27 heavy (non-hydrogen) atoms. The predicted molar refractivity (Wildman–Crippen MR) is 102 cm³/mol. The fraction of sp³-hybridized carbons (Fsp3) is 0.250. The van der Waals surface area contributed by atoms with Crippen LogP contribution in [0.25, 0.3) is 0 Å². The number of carbonyl (C=O) groups excluding carboxylic acids is 3. The van der Waals surface area contributed by atoms with Crippen molar-refractivity contribution in [1.82, 2.24) is 10.6 Å². The van der Waals surface area contributed by atoms with Crippen LogP contribution in [0.5, 0.6) is 0 Å². The molecule has 0 bridgehead atoms. The summed E-state index contributed by atoms with van der Waals surface area (Å²) in [6.45, 7) is 3.65. The fourth-order valence-electron chi connectivity index (χ4n) is 2.20. The lowest BCUT2D eigenvalue weighted by Gasteiger charge is -2.14. The van der Waals surface area contributed by atoms with E-state index in [0.29, 0.717) is 23.7 Å². The Morgan fingerprint density at radius 2 is 1.44 bits per heavy atom. The molecule has 2 N–H and O–H groups in total. The van der Waals surface area contributed by atoms with Crippen LogP contribution in [0.15, 0.2) is 48.5 Å². The van der Waals surface area contributed by atoms with Crippen LogP contribution in [-0.2, 0) is 27.4 Å². The number of ether oxygens (including phenoxy) is 1. The highest BCUT2D eigenvalue weighted by Gasteiger charge is 2.18. The Morgan fingerprint density at radius 3 is 2.00 bits per heavy atom. The van der Waals surface area contributed by atoms with Crippen molar-refractivity contribution in [3.8, 4) is 0 Å². The van der Waals surface area contributed by atoms with Gasteiger partial charge in [0.25, 0.3) is 5.91 Å². The number of rotatable bonds is 7. The lowest BCUT2D eigenvalue weighted by Crippen LogP contribution is -2.35. The van der Waals surface area contributed by atoms with Crippen LogP contribution in [0, 0.1) is 0 Å². The number of esters is 1. The lowest BCUT2D eigenvalue weighted by atomic mass is 10.1. The maximum atomic E-state index is 12.2. The molecule has 0 aromatic heterocycles. The zero-order valence-corrected chi connectivity index (χ0v) is 15.9. The van der Waals surface area contributed by atoms with E-state index in [2.05, 4.69) is 10.6 Å². The Bertz CT molecular complexity index is 804. The summed E-state index contributed by atoms with van der Waals surface area (Å²) in [6, 6.07) is 13.7. The second-order valence-electron chi connectivity index (χ2n) is 6.00. The van der Waals surface area contributed by atoms with Gasteiger partial charge in [-0.2, -0.15) is 0 Å². The van der Waals surface area contributed by atoms with Gasteiger partial charge in [0.05, 0.1) is 5.56 Å². The molecule has 1 atom stereocenters. The van der Waals surface area contributed by atoms with Gasteiger partial charge in [0, 0.05) is 25.0 Å². The van der Waals surface area contributed by atoms with Gasteiger partial charge in [-0.25, -0.2) is 4.79 Å². The molecule has 7 heteroatoms. The smallest absolute Gasteiger partial charge is 0.338 e. The van der Waals surface area contributed by atoms with Gasteiger partial charge in [-0.1, -0.05) is 35.9 Å². The molecular formula is C20H21ClN2O4. The van der Waals surface area contributed by atoms with E-state index < -0.39 is 12.1 Å². The van der Waals surface area contributed by atoms with Crippen LogP contribution >= 0.6 is 11.6 Å². The third kappa shape index (κ3) is 6.75. The second-order valence-corrected chi connectivity index (χ2v) is 6.43. The number of benzene rings is 2. The minimum Gasteiger partial charge on any atom is -0.449 e. The van der Waals surface area contributed by atoms with E-state index in [4.69, 9.17) is 16.3 Å². The minimum atomic E-state index is -0.927. The molecule has 1 unspecified atom stereocenters. The Balaban J connectivity index is 1.83. The fourth-order valence-corrected chi connectivity index (χ4v) is 2.33. The number of hydrogen-bond acceptors (Lipinski definition) is 4. The number of amides is 2. The first-order chi connectivity index (χ1) is 12.8. The maximum absolute atomic E-state index is 12.2. The minimum absolute atomic E-state index is 0.128. The molecule has 2 aromatic carbocycles. The number of halogens is 1. The Kier molecular flexibility index (Phi) is 7.37. The third-order valence-electron chi connectivity index (χ3n) is 3.76. The summed E-state index contributed by atoms with van der Waals surface area (Å²) >= 11 is 5.82. The summed E-state index contributed by atoms with van der Waals surface area (Å²) in [5.74, 6) is -1.10. The van der Waals surface area contributed by atoms with Gasteiger partial charge < -0.3 is 15.4 Å². The molecule has 0 radical (unpaired) electrons. The summed E-state index contributed by atoms with van der Waals surface area (Å²) in [5, 5.41) is 6.01. The molecule has 0 saturated carbocycles. The molecule has 0 fully saturated rings. The highest BCUT2D eigenvalue weighted by atomic mass is 35.5. The van der Waals surface area contributed by atoms with E-state index in [9.17, 15) is 14.4 Å². The first-order valence-electron chi connectivity index (χ1n) is 8.41. The molecular weight excluding hydrogens is 368 g/mol. The van der Waals surface area contributed by atoms with Crippen molar-refractivity contribution in [3.63, 3.8) is 0 Å². The van der Waals surface area contributed by atoms with Crippen LogP contribution in [0.1, 0.15) is 35.3 Å². The van der Waals surface area contributed by atoms with E-state index in [1.165, 1.54) is 13.8 Å². The van der Waals surface area contributed by atoms with Gasteiger partial charge in [-0.05, 0) is 42.3 Å². The zero-order chi connectivity index (χ0) is 19.8. The van der Waals surface area contributed by atoms with E-state index >= 15 is 0 Å². The number of hydrogen-bond donors (Lipinski definition) is 2. The Labute approximate surface area is 162 Å². The highest BCUT2D eigenvalue weighted by molar-refractivity contribution is 6.30. The SMILES string of the molecule is CC(=O)NCc1ccc(C(=O)OC(C)C(=O)NCc2ccc(Cl)cc2)cc1. The van der Waals surface area contributed by atoms with Gasteiger partial charge in [0.1, 0.15) is 0 Å². The molecule has 0 aliphatic heterocycles. The van der Waals surface area contributed by atoms with Gasteiger partial charge >= 0.3 is 5.97 Å². The molecule has 0 heterocycles. The van der Waals surface area contributed by atoms with Gasteiger partial charge in [0.2, 0.25) is 5.91 Å². The Hall–Kier alpha value is -2.86. The van der Waals surface area contributed by atoms with Crippen molar-refractivity contribution >= 4 is 29.4 Å². The quantitative estimate of drug-likeness (QED) is 0.714. The van der Waals surface area contributed by atoms with E-state index in [-0.39, 0.29) is 11.8 Å². The summed E-state index contributed by atoms with van der Waals surface area (Å²) in [4.78, 5) is 35.2. The van der Waals surface area contributed by atoms with Crippen LogP contribution < -0.4 is 10.6 Å². The standard InChI is InChI=1S/C20H21ClN2O4/c1-13(19(25)23-12-16-5-9-18(21)10-6-16)27-20(26)17-7-3-15(4-8-17)11-22-14(2)24/h3-10,13H,11-12H2,1-2H3,(H,22,24)(H,23,25). The van der Waals surface area contributed by atoms with Gasteiger partial charge in [-0.3, -0.25) is 9.59 Å². The molecule has 2 rings (SSSR count). The van der Waals surface area contributed by atoms with Crippen LogP contribution in [0.4, 0.5) is 0 Å². The third-order valence-corrected chi connectivity index (χ3v) is 4.02. The number of carbonyl (C=O) groups is 3. The molecule has 2 aromatic rings. The zero-order valence-electron chi connectivity index (χ0n) is 15.1. The highest BCUT2D eigenvalue weighted by Crippen LogP contribution is 2.10. The maximum Gasteiger partial charge on any atom is 0.338 e. The molecule has 0 spiro atoms. The number of nitrogens with one attached hydrogen (secondary N) is 2. The van der Waals surface area contributed by atoms with Gasteiger partial charge in [-0.15, -0.1) is 0 Å². The molecule has 0 aliphatic rings. The summed E-state index contributed by atoms with van der Waals surface area (Å²) < 4.78 is 5.20. The normalized spacial score (nSPS) is 11.4. The summed E-state index contributed by atoms with van der Waals surface area (Å²) in [5.41, 5.74) is 2.08. The van der Waals surface area contributed by atoms with Crippen LogP contribution in [0.2, 0.25) is 5.02 Å². The average Bonchev–Trinajstić information content (AvgIpc) is 2.65. The molecule has 142 valence electrons. The first kappa shape index (κ1) is 20.5. The Morgan fingerprint density at radius 1 is 0.926 bits per heavy atom. The first-order valence-corrected chi connectivity index (χ1v) is 8.79. The van der Waals surface area contributed by atoms with Crippen molar-refractivity contribution in [1.29, 1.82) is 0 Å². The van der Waals surface area contributed by atoms with E-state index in [0.717, 1.165) is 11.1 Å². The monoisotopic (exact) mass is 388 g/mol. The topological polar surface area (TPSA) is 84.5 Å². The summed E-state index contributed by atoms with van der Waals surface area (Å²) in [6.07, 6.45) is -0.927. The predicted octanol–water partition coefficient (Wildman–Crippen LogP) is 2.84. The molecule has 0 aliphatic carbocycles. The van der Waals surface area contributed by atoms with Crippen LogP contribution in [-0.4, -0.2) is 23.9 Å².